The van der Waals surface area contributed by atoms with Crippen molar-refractivity contribution in [3.63, 3.8) is 0 Å². The minimum atomic E-state index is -2.54. The van der Waals surface area contributed by atoms with Crippen LogP contribution < -0.4 is 0 Å². The maximum absolute atomic E-state index is 5.60. The van der Waals surface area contributed by atoms with Crippen LogP contribution in [-0.4, -0.2) is 42.5 Å². The van der Waals surface area contributed by atoms with Gasteiger partial charge >= 0.3 is 8.80 Å². The van der Waals surface area contributed by atoms with Crippen molar-refractivity contribution in [1.82, 2.24) is 0 Å². The van der Waals surface area contributed by atoms with E-state index in [1.165, 1.54) is 11.1 Å². The molecule has 0 aliphatic carbocycles. The number of aryl methyl sites for hydroxylation is 2. The molecule has 0 radical (unpaired) electrons. The molecule has 4 nitrogen and oxygen atoms in total. The molecular formula is C16H28O4Si. The third-order valence-corrected chi connectivity index (χ3v) is 6.80. The molecule has 1 saturated heterocycles. The van der Waals surface area contributed by atoms with Gasteiger partial charge in [0.1, 0.15) is 5.73 Å². The van der Waals surface area contributed by atoms with E-state index in [4.69, 9.17) is 18.0 Å². The van der Waals surface area contributed by atoms with E-state index in [1.54, 1.807) is 21.3 Å². The maximum Gasteiger partial charge on any atom is 0.530 e. The minimum Gasteiger partial charge on any atom is -0.375 e. The topological polar surface area (TPSA) is 36.9 Å². The van der Waals surface area contributed by atoms with Crippen molar-refractivity contribution in [3.8, 4) is 0 Å². The van der Waals surface area contributed by atoms with Crippen molar-refractivity contribution in [3.05, 3.63) is 35.4 Å². The van der Waals surface area contributed by atoms with Crippen LogP contribution in [0.25, 0.3) is 0 Å². The third kappa shape index (κ3) is 5.20. The lowest BCUT2D eigenvalue weighted by atomic mass is 10.1. The first-order valence-electron chi connectivity index (χ1n) is 7.39. The molecule has 0 saturated carbocycles. The first kappa shape index (κ1) is 18.3. The highest BCUT2D eigenvalue weighted by atomic mass is 28.4. The monoisotopic (exact) mass is 312 g/mol. The van der Waals surface area contributed by atoms with Crippen LogP contribution in [0, 0.1) is 13.8 Å². The fourth-order valence-electron chi connectivity index (χ4n) is 2.33. The second-order valence-electron chi connectivity index (χ2n) is 5.16. The summed E-state index contributed by atoms with van der Waals surface area (Å²) < 4.78 is 21.6. The van der Waals surface area contributed by atoms with Gasteiger partial charge in [-0.3, -0.25) is 0 Å². The summed E-state index contributed by atoms with van der Waals surface area (Å²) in [5, 5.41) is 0. The van der Waals surface area contributed by atoms with Gasteiger partial charge < -0.3 is 18.0 Å². The average molecular weight is 312 g/mol. The lowest BCUT2D eigenvalue weighted by Gasteiger charge is -2.34. The summed E-state index contributed by atoms with van der Waals surface area (Å²) >= 11 is 0. The second-order valence-corrected chi connectivity index (χ2v) is 8.23. The summed E-state index contributed by atoms with van der Waals surface area (Å²) in [6, 6.07) is 8.36. The number of hydrogen-bond donors (Lipinski definition) is 0. The Kier molecular flexibility index (Phi) is 8.14. The Morgan fingerprint density at radius 1 is 0.952 bits per heavy atom. The molecule has 5 heteroatoms. The molecule has 0 N–H and O–H groups in total. The van der Waals surface area contributed by atoms with Gasteiger partial charge in [0.2, 0.25) is 0 Å². The van der Waals surface area contributed by atoms with Gasteiger partial charge in [-0.2, -0.15) is 0 Å². The molecule has 1 fully saturated rings. The Morgan fingerprint density at radius 2 is 1.48 bits per heavy atom. The van der Waals surface area contributed by atoms with Crippen LogP contribution in [0.15, 0.2) is 24.3 Å². The predicted octanol–water partition coefficient (Wildman–Crippen LogP) is 3.28. The molecule has 0 amide bonds. The van der Waals surface area contributed by atoms with Gasteiger partial charge in [-0.05, 0) is 44.2 Å². The van der Waals surface area contributed by atoms with Crippen molar-refractivity contribution in [1.29, 1.82) is 0 Å². The molecule has 1 atom stereocenters. The van der Waals surface area contributed by atoms with Crippen molar-refractivity contribution >= 4 is 8.80 Å². The zero-order valence-electron chi connectivity index (χ0n) is 13.8. The molecule has 1 aliphatic rings. The van der Waals surface area contributed by atoms with Gasteiger partial charge in [0, 0.05) is 27.9 Å². The molecule has 21 heavy (non-hydrogen) atoms. The SMILES string of the molecule is CO[Si](OC)(OC)C1CCCCO1.Cc1ccccc1C. The molecule has 1 unspecified atom stereocenters. The van der Waals surface area contributed by atoms with Crippen LogP contribution in [0.5, 0.6) is 0 Å². The van der Waals surface area contributed by atoms with Gasteiger partial charge in [0.15, 0.2) is 0 Å². The zero-order valence-corrected chi connectivity index (χ0v) is 14.8. The van der Waals surface area contributed by atoms with Gasteiger partial charge in [-0.1, -0.05) is 24.3 Å². The molecule has 1 heterocycles. The van der Waals surface area contributed by atoms with Gasteiger partial charge in [0.05, 0.1) is 0 Å². The van der Waals surface area contributed by atoms with Gasteiger partial charge in [-0.15, -0.1) is 0 Å². The summed E-state index contributed by atoms with van der Waals surface area (Å²) in [5.41, 5.74) is 2.75. The van der Waals surface area contributed by atoms with Crippen LogP contribution in [0.3, 0.4) is 0 Å². The van der Waals surface area contributed by atoms with Gasteiger partial charge in [0.25, 0.3) is 0 Å². The van der Waals surface area contributed by atoms with E-state index >= 15 is 0 Å². The first-order chi connectivity index (χ1) is 10.1. The van der Waals surface area contributed by atoms with E-state index in [0.717, 1.165) is 25.9 Å². The molecule has 2 rings (SSSR count). The lowest BCUT2D eigenvalue weighted by Crippen LogP contribution is -2.56. The quantitative estimate of drug-likeness (QED) is 0.800. The number of rotatable bonds is 4. The fourth-order valence-corrected chi connectivity index (χ4v) is 4.49. The Bertz CT molecular complexity index is 372. The summed E-state index contributed by atoms with van der Waals surface area (Å²) in [5.74, 6) is 0. The van der Waals surface area contributed by atoms with Crippen LogP contribution >= 0.6 is 0 Å². The Morgan fingerprint density at radius 3 is 1.81 bits per heavy atom. The van der Waals surface area contributed by atoms with E-state index in [-0.39, 0.29) is 5.73 Å². The molecule has 0 spiro atoms. The summed E-state index contributed by atoms with van der Waals surface area (Å²) in [7, 11) is 2.33. The molecule has 1 aromatic carbocycles. The van der Waals surface area contributed by atoms with Crippen molar-refractivity contribution < 1.29 is 18.0 Å². The standard InChI is InChI=1S/C8H18O4Si.C8H10/c1-9-13(10-2,11-3)8-6-4-5-7-12-8;1-7-5-3-4-6-8(7)2/h8H,4-7H2,1-3H3;3-6H,1-2H3. The zero-order chi connectivity index (χ0) is 15.7. The van der Waals surface area contributed by atoms with Gasteiger partial charge in [-0.25, -0.2) is 0 Å². The molecule has 1 aromatic rings. The summed E-state index contributed by atoms with van der Waals surface area (Å²) in [4.78, 5) is 0. The first-order valence-corrected chi connectivity index (χ1v) is 9.19. The van der Waals surface area contributed by atoms with E-state index in [9.17, 15) is 0 Å². The highest BCUT2D eigenvalue weighted by Gasteiger charge is 2.48. The summed E-state index contributed by atoms with van der Waals surface area (Å²) in [6.45, 7) is 5.03. The molecule has 120 valence electrons. The number of benzene rings is 1. The molecule has 1 aliphatic heterocycles. The van der Waals surface area contributed by atoms with Crippen LogP contribution in [0.4, 0.5) is 0 Å². The van der Waals surface area contributed by atoms with Crippen LogP contribution in [0.2, 0.25) is 0 Å². The molecular weight excluding hydrogens is 284 g/mol. The molecule has 0 bridgehead atoms. The maximum atomic E-state index is 5.60. The van der Waals surface area contributed by atoms with E-state index in [0.29, 0.717) is 0 Å². The highest BCUT2D eigenvalue weighted by molar-refractivity contribution is 6.62. The number of ether oxygens (including phenoxy) is 1. The summed E-state index contributed by atoms with van der Waals surface area (Å²) in [6.07, 6.45) is 3.26. The minimum absolute atomic E-state index is 0.0150. The van der Waals surface area contributed by atoms with E-state index in [1.807, 2.05) is 0 Å². The lowest BCUT2D eigenvalue weighted by molar-refractivity contribution is -0.00967. The second kappa shape index (κ2) is 9.33. The smallest absolute Gasteiger partial charge is 0.375 e. The Hall–Kier alpha value is -0.723. The third-order valence-electron chi connectivity index (χ3n) is 3.85. The van der Waals surface area contributed by atoms with Crippen molar-refractivity contribution in [2.24, 2.45) is 0 Å². The van der Waals surface area contributed by atoms with Crippen LogP contribution in [0.1, 0.15) is 30.4 Å². The number of hydrogen-bond acceptors (Lipinski definition) is 4. The van der Waals surface area contributed by atoms with E-state index < -0.39 is 8.80 Å². The average Bonchev–Trinajstić information content (AvgIpc) is 2.54. The molecule has 0 aromatic heterocycles. The fraction of sp³-hybridized carbons (Fsp3) is 0.625. The van der Waals surface area contributed by atoms with Crippen molar-refractivity contribution in [2.45, 2.75) is 38.8 Å². The normalized spacial score (nSPS) is 18.8. The van der Waals surface area contributed by atoms with Crippen LogP contribution in [-0.2, 0) is 18.0 Å². The highest BCUT2D eigenvalue weighted by Crippen LogP contribution is 2.23. The van der Waals surface area contributed by atoms with E-state index in [2.05, 4.69) is 38.1 Å². The van der Waals surface area contributed by atoms with Crippen molar-refractivity contribution in [2.75, 3.05) is 27.9 Å². The largest absolute Gasteiger partial charge is 0.530 e. The Balaban J connectivity index is 0.000000235. The Labute approximate surface area is 129 Å². The predicted molar refractivity (Wildman–Crippen MR) is 86.3 cm³/mol.